The Hall–Kier alpha value is 1.02. The van der Waals surface area contributed by atoms with Gasteiger partial charge in [0, 0.05) is 6.61 Å². The Morgan fingerprint density at radius 3 is 2.08 bits per heavy atom. The molecular weight excluding hydrogens is 158 g/mol. The smallest absolute Gasteiger partial charge is 0.379 e. The van der Waals surface area contributed by atoms with Gasteiger partial charge in [-0.25, -0.2) is 0 Å². The first-order chi connectivity index (χ1) is 4.85. The van der Waals surface area contributed by atoms with Crippen LogP contribution in [0.3, 0.4) is 0 Å². The fraction of sp³-hybridized carbons (Fsp3) is 1.00. The molecule has 1 nitrogen and oxygen atoms in total. The van der Waals surface area contributed by atoms with Gasteiger partial charge in [0.15, 0.2) is 0 Å². The van der Waals surface area contributed by atoms with Crippen molar-refractivity contribution in [3.05, 3.63) is 0 Å². The first-order valence-electron chi connectivity index (χ1n) is 4.46. The molecule has 0 aliphatic heterocycles. The molecule has 1 unspecified atom stereocenters. The summed E-state index contributed by atoms with van der Waals surface area (Å²) in [5.74, 6) is 0. The van der Waals surface area contributed by atoms with Gasteiger partial charge in [-0.15, -0.1) is 0 Å². The Morgan fingerprint density at radius 1 is 1.17 bits per heavy atom. The summed E-state index contributed by atoms with van der Waals surface area (Å²) in [5, 5.41) is 0. The van der Waals surface area contributed by atoms with Gasteiger partial charge in [0.25, 0.3) is 0 Å². The summed E-state index contributed by atoms with van der Waals surface area (Å²) in [6.45, 7) is 7.34. The van der Waals surface area contributed by atoms with Crippen LogP contribution in [0, 0.1) is 0 Å². The molecule has 0 aromatic heterocycles. The third-order valence-electron chi connectivity index (χ3n) is 1.74. The molecule has 0 N–H and O–H groups in total. The summed E-state index contributed by atoms with van der Waals surface area (Å²) in [6.07, 6.45) is 5.50. The van der Waals surface area contributed by atoms with E-state index in [4.69, 9.17) is 4.74 Å². The van der Waals surface area contributed by atoms with Crippen LogP contribution < -0.4 is 29.6 Å². The molecule has 0 aliphatic rings. The van der Waals surface area contributed by atoms with E-state index in [0.717, 1.165) is 13.0 Å². The van der Waals surface area contributed by atoms with Crippen LogP contribution in [0.5, 0.6) is 0 Å². The van der Waals surface area contributed by atoms with E-state index in [1.54, 1.807) is 0 Å². The van der Waals surface area contributed by atoms with Crippen molar-refractivity contribution in [2.75, 3.05) is 6.61 Å². The number of rotatable bonds is 6. The van der Waals surface area contributed by atoms with Crippen LogP contribution in [-0.4, -0.2) is 21.1 Å². The summed E-state index contributed by atoms with van der Waals surface area (Å²) < 4.78 is 5.49. The summed E-state index contributed by atoms with van der Waals surface area (Å²) in [4.78, 5) is 0. The van der Waals surface area contributed by atoms with Gasteiger partial charge in [-0.3, -0.25) is 0 Å². The van der Waals surface area contributed by atoms with E-state index < -0.39 is 0 Å². The molecule has 0 rings (SSSR count). The predicted octanol–water partition coefficient (Wildman–Crippen LogP) is -1.46. The molecule has 0 fully saturated rings. The van der Waals surface area contributed by atoms with Crippen molar-refractivity contribution >= 4 is 8.41 Å². The van der Waals surface area contributed by atoms with Crippen molar-refractivity contribution in [2.24, 2.45) is 0 Å². The van der Waals surface area contributed by atoms with Gasteiger partial charge in [0.05, 0.1) is 6.10 Å². The first-order valence-corrected chi connectivity index (χ1v) is 4.46. The van der Waals surface area contributed by atoms with Crippen LogP contribution in [-0.2, 0) is 4.74 Å². The van der Waals surface area contributed by atoms with E-state index in [1.165, 1.54) is 19.3 Å². The Labute approximate surface area is 102 Å². The zero-order chi connectivity index (χ0) is 7.82. The molecule has 70 valence electrons. The number of hydrogen-bond acceptors (Lipinski definition) is 1. The average Bonchev–Trinajstić information content (AvgIpc) is 1.98. The van der Waals surface area contributed by atoms with E-state index in [-0.39, 0.29) is 38.0 Å². The third kappa shape index (κ3) is 11.0. The molecule has 0 aromatic rings. The maximum Gasteiger partial charge on any atom is 1.00 e. The van der Waals surface area contributed by atoms with Gasteiger partial charge in [0.1, 0.15) is 0 Å². The topological polar surface area (TPSA) is 9.23 Å². The normalized spacial score (nSPS) is 11.2. The minimum atomic E-state index is 0. The molecule has 0 heterocycles. The quantitative estimate of drug-likeness (QED) is 0.456. The van der Waals surface area contributed by atoms with Crippen molar-refractivity contribution in [1.82, 2.24) is 0 Å². The molecule has 0 amide bonds. The minimum Gasteiger partial charge on any atom is -0.379 e. The van der Waals surface area contributed by atoms with Gasteiger partial charge in [-0.2, -0.15) is 0 Å². The van der Waals surface area contributed by atoms with Crippen molar-refractivity contribution in [2.45, 2.75) is 52.6 Å². The van der Waals surface area contributed by atoms with Gasteiger partial charge >= 0.3 is 29.6 Å². The zero-order valence-corrected chi connectivity index (χ0v) is 10.5. The molecule has 0 bridgehead atoms. The standard InChI is InChI=1S/C9H20O.BH4.Na/c1-4-7-8-9(5-2)10-6-3;;/h9H,4-8H2,1-3H3;1H4;/q;-1;+1. The summed E-state index contributed by atoms with van der Waals surface area (Å²) in [7, 11) is 0. The van der Waals surface area contributed by atoms with E-state index in [1.807, 2.05) is 0 Å². The molecule has 0 spiro atoms. The van der Waals surface area contributed by atoms with Crippen molar-refractivity contribution in [1.29, 1.82) is 0 Å². The minimum absolute atomic E-state index is 0. The SMILES string of the molecule is CCCCC(CC)OCC.[BH4-].[Na+]. The summed E-state index contributed by atoms with van der Waals surface area (Å²) in [6, 6.07) is 0. The van der Waals surface area contributed by atoms with Crippen LogP contribution in [0.2, 0.25) is 0 Å². The van der Waals surface area contributed by atoms with E-state index >= 15 is 0 Å². The second-order valence-electron chi connectivity index (χ2n) is 2.63. The van der Waals surface area contributed by atoms with Crippen LogP contribution in [0.15, 0.2) is 0 Å². The van der Waals surface area contributed by atoms with Gasteiger partial charge in [-0.1, -0.05) is 35.1 Å². The van der Waals surface area contributed by atoms with E-state index in [0.29, 0.717) is 6.10 Å². The molecular formula is C9H24BNaO. The average molecular weight is 182 g/mol. The number of hydrogen-bond donors (Lipinski definition) is 0. The Bertz CT molecular complexity index is 71.5. The second kappa shape index (κ2) is 14.5. The number of unbranched alkanes of at least 4 members (excludes halogenated alkanes) is 1. The maximum absolute atomic E-state index is 5.49. The van der Waals surface area contributed by atoms with Crippen molar-refractivity contribution in [3.8, 4) is 0 Å². The largest absolute Gasteiger partial charge is 1.00 e. The van der Waals surface area contributed by atoms with Crippen molar-refractivity contribution in [3.63, 3.8) is 0 Å². The Morgan fingerprint density at radius 2 is 1.75 bits per heavy atom. The fourth-order valence-corrected chi connectivity index (χ4v) is 1.07. The molecule has 0 aromatic carbocycles. The van der Waals surface area contributed by atoms with Gasteiger partial charge < -0.3 is 4.74 Å². The fourth-order valence-electron chi connectivity index (χ4n) is 1.07. The molecule has 3 heteroatoms. The summed E-state index contributed by atoms with van der Waals surface area (Å²) in [5.41, 5.74) is 0. The molecule has 12 heavy (non-hydrogen) atoms. The molecule has 1 atom stereocenters. The molecule has 0 radical (unpaired) electrons. The van der Waals surface area contributed by atoms with Gasteiger partial charge in [-0.05, 0) is 19.8 Å². The van der Waals surface area contributed by atoms with Crippen LogP contribution in [0.4, 0.5) is 0 Å². The van der Waals surface area contributed by atoms with E-state index in [9.17, 15) is 0 Å². The van der Waals surface area contributed by atoms with Crippen LogP contribution in [0.25, 0.3) is 0 Å². The maximum atomic E-state index is 5.49. The van der Waals surface area contributed by atoms with Crippen LogP contribution >= 0.6 is 0 Å². The third-order valence-corrected chi connectivity index (χ3v) is 1.74. The monoisotopic (exact) mass is 182 g/mol. The first kappa shape index (κ1) is 18.7. The second-order valence-corrected chi connectivity index (χ2v) is 2.63. The van der Waals surface area contributed by atoms with Gasteiger partial charge in [0.2, 0.25) is 0 Å². The Kier molecular flexibility index (Phi) is 22.7. The zero-order valence-electron chi connectivity index (χ0n) is 8.52. The molecule has 0 saturated carbocycles. The molecule has 0 aliphatic carbocycles. The Balaban J connectivity index is -0.000000405. The van der Waals surface area contributed by atoms with E-state index in [2.05, 4.69) is 20.8 Å². The summed E-state index contributed by atoms with van der Waals surface area (Å²) >= 11 is 0. The predicted molar refractivity (Wildman–Crippen MR) is 56.6 cm³/mol. The van der Waals surface area contributed by atoms with Crippen LogP contribution in [0.1, 0.15) is 46.5 Å². The van der Waals surface area contributed by atoms with Crippen molar-refractivity contribution < 1.29 is 34.3 Å². The number of ether oxygens (including phenoxy) is 1. The molecule has 0 saturated heterocycles.